The minimum Gasteiger partial charge on any atom is -0.491 e. The van der Waals surface area contributed by atoms with E-state index in [2.05, 4.69) is 6.92 Å². The Hall–Kier alpha value is -1.26. The first-order chi connectivity index (χ1) is 18.9. The van der Waals surface area contributed by atoms with Crippen LogP contribution in [0.5, 0.6) is 5.75 Å². The van der Waals surface area contributed by atoms with Gasteiger partial charge < -0.3 is 37.9 Å². The molecule has 0 atom stereocenters. The predicted octanol–water partition coefficient (Wildman–Crippen LogP) is 5.32. The number of unbranched alkanes of at least 4 members (excludes halogenated alkanes) is 7. The van der Waals surface area contributed by atoms with E-state index in [4.69, 9.17) is 37.9 Å². The van der Waals surface area contributed by atoms with Crippen molar-refractivity contribution in [1.29, 1.82) is 0 Å². The van der Waals surface area contributed by atoms with Crippen LogP contribution in [-0.4, -0.2) is 99.1 Å². The van der Waals surface area contributed by atoms with Crippen molar-refractivity contribution >= 4 is 0 Å². The van der Waals surface area contributed by atoms with Gasteiger partial charge in [0.2, 0.25) is 0 Å². The lowest BCUT2D eigenvalue weighted by molar-refractivity contribution is -0.0213. The number of ether oxygens (including phenoxy) is 8. The Bertz CT molecular complexity index is 560. The summed E-state index contributed by atoms with van der Waals surface area (Å²) in [7, 11) is 0. The molecule has 0 radical (unpaired) electrons. The summed E-state index contributed by atoms with van der Waals surface area (Å²) >= 11 is 0. The van der Waals surface area contributed by atoms with Crippen molar-refractivity contribution in [1.82, 2.24) is 0 Å². The largest absolute Gasteiger partial charge is 0.491 e. The molecule has 8 heteroatoms. The molecule has 0 fully saturated rings. The summed E-state index contributed by atoms with van der Waals surface area (Å²) in [5, 5.41) is 0. The third kappa shape index (κ3) is 26.4. The Morgan fingerprint density at radius 2 is 0.711 bits per heavy atom. The summed E-state index contributed by atoms with van der Waals surface area (Å²) in [4.78, 5) is 0. The average Bonchev–Trinajstić information content (AvgIpc) is 2.94. The van der Waals surface area contributed by atoms with E-state index in [-0.39, 0.29) is 0 Å². The van der Waals surface area contributed by atoms with Crippen LogP contribution in [0.3, 0.4) is 0 Å². The molecule has 0 unspecified atom stereocenters. The van der Waals surface area contributed by atoms with Crippen LogP contribution >= 0.6 is 0 Å². The number of hydrogen-bond acceptors (Lipinski definition) is 8. The van der Waals surface area contributed by atoms with E-state index in [1.807, 2.05) is 30.3 Å². The fraction of sp³-hybridized carbons (Fsp3) is 0.800. The standard InChI is InChI=1S/C30H54O8/c1-2-3-4-5-6-7-8-12-15-31-16-17-32-18-19-33-20-21-34-22-23-35-24-25-36-26-27-37-28-29-38-30-13-10-9-11-14-30/h9-11,13-14H,2-8,12,15-29H2,1H3. The molecule has 0 heterocycles. The quantitative estimate of drug-likeness (QED) is 0.117. The van der Waals surface area contributed by atoms with E-state index in [0.29, 0.717) is 92.5 Å². The van der Waals surface area contributed by atoms with Crippen molar-refractivity contribution < 1.29 is 37.9 Å². The Labute approximate surface area is 231 Å². The smallest absolute Gasteiger partial charge is 0.119 e. The van der Waals surface area contributed by atoms with Gasteiger partial charge >= 0.3 is 0 Å². The van der Waals surface area contributed by atoms with Gasteiger partial charge in [0.05, 0.1) is 85.9 Å². The first-order valence-electron chi connectivity index (χ1n) is 14.7. The fourth-order valence-electron chi connectivity index (χ4n) is 3.49. The molecule has 1 rings (SSSR count). The average molecular weight is 543 g/mol. The van der Waals surface area contributed by atoms with Gasteiger partial charge in [0.25, 0.3) is 0 Å². The minimum atomic E-state index is 0.529. The van der Waals surface area contributed by atoms with Gasteiger partial charge in [0, 0.05) is 6.61 Å². The second kappa shape index (κ2) is 30.3. The zero-order valence-corrected chi connectivity index (χ0v) is 23.9. The summed E-state index contributed by atoms with van der Waals surface area (Å²) in [5.74, 6) is 0.853. The molecular weight excluding hydrogens is 488 g/mol. The molecule has 38 heavy (non-hydrogen) atoms. The van der Waals surface area contributed by atoms with Gasteiger partial charge in [0.1, 0.15) is 12.4 Å². The molecule has 0 aliphatic carbocycles. The van der Waals surface area contributed by atoms with E-state index >= 15 is 0 Å². The molecule has 1 aromatic rings. The van der Waals surface area contributed by atoms with Crippen molar-refractivity contribution in [2.45, 2.75) is 58.3 Å². The number of hydrogen-bond donors (Lipinski definition) is 0. The Kier molecular flexibility index (Phi) is 27.7. The molecular formula is C30H54O8. The Morgan fingerprint density at radius 1 is 0.368 bits per heavy atom. The maximum Gasteiger partial charge on any atom is 0.119 e. The molecule has 0 amide bonds. The molecule has 0 bridgehead atoms. The van der Waals surface area contributed by atoms with E-state index in [0.717, 1.165) is 18.8 Å². The summed E-state index contributed by atoms with van der Waals surface area (Å²) < 4.78 is 44.1. The highest BCUT2D eigenvalue weighted by atomic mass is 16.6. The summed E-state index contributed by atoms with van der Waals surface area (Å²) in [6.45, 7) is 10.9. The molecule has 0 saturated heterocycles. The highest BCUT2D eigenvalue weighted by molar-refractivity contribution is 5.20. The fourth-order valence-corrected chi connectivity index (χ4v) is 3.49. The maximum absolute atomic E-state index is 5.61. The van der Waals surface area contributed by atoms with Gasteiger partial charge in [0.15, 0.2) is 0 Å². The topological polar surface area (TPSA) is 73.8 Å². The van der Waals surface area contributed by atoms with Crippen molar-refractivity contribution in [3.63, 3.8) is 0 Å². The summed E-state index contributed by atoms with van der Waals surface area (Å²) in [6, 6.07) is 9.71. The zero-order chi connectivity index (χ0) is 27.0. The van der Waals surface area contributed by atoms with Crippen LogP contribution in [0.4, 0.5) is 0 Å². The molecule has 0 aliphatic rings. The molecule has 0 N–H and O–H groups in total. The SMILES string of the molecule is CCCCCCCCCCOCCOCCOCCOCCOCCOCCOCCOc1ccccc1. The number of benzene rings is 1. The van der Waals surface area contributed by atoms with Gasteiger partial charge in [-0.1, -0.05) is 70.1 Å². The maximum atomic E-state index is 5.61. The van der Waals surface area contributed by atoms with Crippen molar-refractivity contribution in [2.75, 3.05) is 99.1 Å². The lowest BCUT2D eigenvalue weighted by Crippen LogP contribution is -2.15. The highest BCUT2D eigenvalue weighted by Gasteiger charge is 1.96. The Balaban J connectivity index is 1.62. The van der Waals surface area contributed by atoms with Crippen molar-refractivity contribution in [3.05, 3.63) is 30.3 Å². The highest BCUT2D eigenvalue weighted by Crippen LogP contribution is 2.08. The summed E-state index contributed by atoms with van der Waals surface area (Å²) in [6.07, 6.45) is 10.6. The van der Waals surface area contributed by atoms with Crippen LogP contribution in [0.2, 0.25) is 0 Å². The molecule has 222 valence electrons. The second-order valence-corrected chi connectivity index (χ2v) is 8.92. The third-order valence-electron chi connectivity index (χ3n) is 5.61. The molecule has 1 aromatic carbocycles. The first-order valence-corrected chi connectivity index (χ1v) is 14.7. The van der Waals surface area contributed by atoms with Crippen LogP contribution in [0, 0.1) is 0 Å². The second-order valence-electron chi connectivity index (χ2n) is 8.92. The van der Waals surface area contributed by atoms with Crippen LogP contribution in [0.1, 0.15) is 58.3 Å². The van der Waals surface area contributed by atoms with Crippen LogP contribution in [-0.2, 0) is 33.2 Å². The van der Waals surface area contributed by atoms with Gasteiger partial charge in [-0.25, -0.2) is 0 Å². The van der Waals surface area contributed by atoms with Gasteiger partial charge in [-0.3, -0.25) is 0 Å². The normalized spacial score (nSPS) is 11.3. The molecule has 0 spiro atoms. The number of para-hydroxylation sites is 1. The van der Waals surface area contributed by atoms with Gasteiger partial charge in [-0.2, -0.15) is 0 Å². The summed E-state index contributed by atoms with van der Waals surface area (Å²) in [5.41, 5.74) is 0. The Morgan fingerprint density at radius 3 is 1.13 bits per heavy atom. The number of rotatable bonds is 31. The molecule has 0 aromatic heterocycles. The van der Waals surface area contributed by atoms with E-state index in [1.54, 1.807) is 0 Å². The van der Waals surface area contributed by atoms with Crippen molar-refractivity contribution in [2.24, 2.45) is 0 Å². The van der Waals surface area contributed by atoms with Gasteiger partial charge in [-0.15, -0.1) is 0 Å². The lowest BCUT2D eigenvalue weighted by Gasteiger charge is -2.09. The van der Waals surface area contributed by atoms with Gasteiger partial charge in [-0.05, 0) is 18.6 Å². The molecule has 0 aliphatic heterocycles. The van der Waals surface area contributed by atoms with E-state index < -0.39 is 0 Å². The van der Waals surface area contributed by atoms with Crippen LogP contribution in [0.25, 0.3) is 0 Å². The lowest BCUT2D eigenvalue weighted by atomic mass is 10.1. The first kappa shape index (κ1) is 34.8. The van der Waals surface area contributed by atoms with E-state index in [9.17, 15) is 0 Å². The van der Waals surface area contributed by atoms with E-state index in [1.165, 1.54) is 44.9 Å². The third-order valence-corrected chi connectivity index (χ3v) is 5.61. The minimum absolute atomic E-state index is 0.529. The molecule has 0 saturated carbocycles. The van der Waals surface area contributed by atoms with Crippen molar-refractivity contribution in [3.8, 4) is 5.75 Å². The van der Waals surface area contributed by atoms with Crippen LogP contribution < -0.4 is 4.74 Å². The molecule has 8 nitrogen and oxygen atoms in total. The zero-order valence-electron chi connectivity index (χ0n) is 23.9. The van der Waals surface area contributed by atoms with Crippen LogP contribution in [0.15, 0.2) is 30.3 Å². The predicted molar refractivity (Wildman–Crippen MR) is 150 cm³/mol. The monoisotopic (exact) mass is 542 g/mol.